The summed E-state index contributed by atoms with van der Waals surface area (Å²) in [5.41, 5.74) is 2.89. The van der Waals surface area contributed by atoms with Crippen molar-refractivity contribution in [3.8, 4) is 0 Å². The summed E-state index contributed by atoms with van der Waals surface area (Å²) < 4.78 is 0.0568. The van der Waals surface area contributed by atoms with E-state index in [0.717, 1.165) is 28.4 Å². The lowest BCUT2D eigenvalue weighted by atomic mass is 9.86. The van der Waals surface area contributed by atoms with Crippen LogP contribution < -0.4 is 20.1 Å². The van der Waals surface area contributed by atoms with Gasteiger partial charge in [0.2, 0.25) is 5.91 Å². The van der Waals surface area contributed by atoms with Crippen LogP contribution in [0.1, 0.15) is 19.4 Å². The van der Waals surface area contributed by atoms with Crippen molar-refractivity contribution in [1.29, 1.82) is 0 Å². The topological polar surface area (TPSA) is 94.3 Å². The molecule has 0 saturated carbocycles. The van der Waals surface area contributed by atoms with Crippen LogP contribution in [0.3, 0.4) is 0 Å². The number of pyridine rings is 1. The number of benzene rings is 1. The Morgan fingerprint density at radius 2 is 2.00 bits per heavy atom. The molecule has 1 aromatic carbocycles. The minimum Gasteiger partial charge on any atom is -0.363 e. The average Bonchev–Trinajstić information content (AvgIpc) is 3.22. The smallest absolute Gasteiger partial charge is 0.287 e. The Labute approximate surface area is 180 Å². The zero-order valence-electron chi connectivity index (χ0n) is 17.8. The van der Waals surface area contributed by atoms with E-state index in [-0.39, 0.29) is 10.5 Å². The summed E-state index contributed by atoms with van der Waals surface area (Å²) >= 11 is 0. The quantitative estimate of drug-likeness (QED) is 0.754. The summed E-state index contributed by atoms with van der Waals surface area (Å²) in [6.07, 6.45) is 7.07. The number of carbonyl (C=O) groups excluding carboxylic acids is 1. The monoisotopic (exact) mass is 415 g/mol. The Morgan fingerprint density at radius 1 is 1.16 bits per heavy atom. The van der Waals surface area contributed by atoms with E-state index in [1.54, 1.807) is 18.6 Å². The van der Waals surface area contributed by atoms with Crippen molar-refractivity contribution in [2.24, 2.45) is 15.1 Å². The molecule has 0 aliphatic carbocycles. The number of carbonyl (C=O) groups is 1. The zero-order valence-corrected chi connectivity index (χ0v) is 17.8. The minimum atomic E-state index is -0.540. The number of fused-ring (bicyclic) bond motifs is 2. The lowest BCUT2D eigenvalue weighted by molar-refractivity contribution is -0.119. The number of anilines is 3. The fraction of sp³-hybridized carbons (Fsp3) is 0.227. The highest BCUT2D eigenvalue weighted by Crippen LogP contribution is 2.39. The highest BCUT2D eigenvalue weighted by atomic mass is 16.2. The standard InChI is InChI=1S/C22H22N8O/c1-22(2)16-7-5-14(11-17(16)26-20(22)31)25-21-27-19-13-23-9-10-30(19,28-21)15-6-8-18(24-12-15)29(3)4/h5-13H,1-4H3,(H-,25,26,28,31)/p+1. The van der Waals surface area contributed by atoms with Crippen molar-refractivity contribution in [2.45, 2.75) is 19.3 Å². The van der Waals surface area contributed by atoms with E-state index in [9.17, 15) is 4.79 Å². The SMILES string of the molecule is CN(C)c1ccc([N+]23C=CN=CC2=NC(Nc2ccc4c(c2)NC(=O)C4(C)C)=N3)cn1. The molecule has 2 aromatic rings. The molecule has 5 rings (SSSR count). The first-order valence-corrected chi connectivity index (χ1v) is 9.96. The van der Waals surface area contributed by atoms with Gasteiger partial charge in [-0.3, -0.25) is 9.79 Å². The van der Waals surface area contributed by atoms with Crippen LogP contribution in [-0.2, 0) is 10.2 Å². The van der Waals surface area contributed by atoms with Crippen molar-refractivity contribution >= 4 is 46.8 Å². The van der Waals surface area contributed by atoms with Crippen molar-refractivity contribution < 1.29 is 4.79 Å². The van der Waals surface area contributed by atoms with Crippen LogP contribution in [0.25, 0.3) is 0 Å². The lowest BCUT2D eigenvalue weighted by Crippen LogP contribution is -2.44. The van der Waals surface area contributed by atoms with Crippen LogP contribution in [0.5, 0.6) is 0 Å². The molecule has 1 unspecified atom stereocenters. The maximum atomic E-state index is 12.2. The third kappa shape index (κ3) is 2.93. The van der Waals surface area contributed by atoms with Crippen LogP contribution in [0.2, 0.25) is 0 Å². The first-order valence-electron chi connectivity index (χ1n) is 9.96. The van der Waals surface area contributed by atoms with Gasteiger partial charge in [-0.2, -0.15) is 4.99 Å². The first kappa shape index (κ1) is 19.1. The number of amidine groups is 1. The van der Waals surface area contributed by atoms with Gasteiger partial charge >= 0.3 is 0 Å². The van der Waals surface area contributed by atoms with Crippen LogP contribution in [0.4, 0.5) is 22.9 Å². The predicted octanol–water partition coefficient (Wildman–Crippen LogP) is 3.04. The molecule has 0 fully saturated rings. The van der Waals surface area contributed by atoms with Crippen molar-refractivity contribution in [3.63, 3.8) is 0 Å². The molecule has 9 nitrogen and oxygen atoms in total. The number of amides is 1. The normalized spacial score (nSPS) is 22.4. The van der Waals surface area contributed by atoms with Crippen molar-refractivity contribution in [1.82, 2.24) is 9.58 Å². The van der Waals surface area contributed by atoms with Gasteiger partial charge in [-0.15, -0.1) is 0 Å². The van der Waals surface area contributed by atoms with E-state index in [1.165, 1.54) is 0 Å². The summed E-state index contributed by atoms with van der Waals surface area (Å²) in [4.78, 5) is 27.6. The Balaban J connectivity index is 1.48. The van der Waals surface area contributed by atoms with E-state index in [1.807, 2.05) is 69.4 Å². The number of guanidine groups is 1. The molecule has 3 aliphatic heterocycles. The molecule has 1 aromatic heterocycles. The number of quaternary nitrogens is 1. The number of nitrogens with zero attached hydrogens (tertiary/aromatic N) is 6. The maximum absolute atomic E-state index is 12.2. The third-order valence-corrected chi connectivity index (χ3v) is 5.73. The van der Waals surface area contributed by atoms with Gasteiger partial charge in [0.25, 0.3) is 11.8 Å². The second-order valence-electron chi connectivity index (χ2n) is 8.39. The molecule has 0 saturated heterocycles. The number of hydrogen-bond acceptors (Lipinski definition) is 7. The van der Waals surface area contributed by atoms with Gasteiger partial charge in [-0.05, 0) is 42.7 Å². The van der Waals surface area contributed by atoms with E-state index < -0.39 is 5.41 Å². The molecule has 31 heavy (non-hydrogen) atoms. The molecule has 0 spiro atoms. The number of nitrogens with one attached hydrogen (secondary N) is 2. The van der Waals surface area contributed by atoms with Gasteiger partial charge in [0, 0.05) is 31.5 Å². The largest absolute Gasteiger partial charge is 0.363 e. The second kappa shape index (κ2) is 6.58. The second-order valence-corrected chi connectivity index (χ2v) is 8.39. The zero-order chi connectivity index (χ0) is 21.8. The average molecular weight is 415 g/mol. The summed E-state index contributed by atoms with van der Waals surface area (Å²) in [5.74, 6) is 1.97. The molecule has 156 valence electrons. The number of rotatable bonds is 3. The Morgan fingerprint density at radius 3 is 2.74 bits per heavy atom. The van der Waals surface area contributed by atoms with Gasteiger partial charge in [-0.1, -0.05) is 10.7 Å². The van der Waals surface area contributed by atoms with E-state index in [0.29, 0.717) is 11.8 Å². The van der Waals surface area contributed by atoms with E-state index in [4.69, 9.17) is 5.10 Å². The van der Waals surface area contributed by atoms with Gasteiger partial charge in [0.15, 0.2) is 11.9 Å². The summed E-state index contributed by atoms with van der Waals surface area (Å²) in [6, 6.07) is 9.74. The number of aliphatic imine (C=N–C) groups is 2. The van der Waals surface area contributed by atoms with Gasteiger partial charge in [0.05, 0.1) is 17.8 Å². The van der Waals surface area contributed by atoms with Crippen molar-refractivity contribution in [3.05, 3.63) is 54.5 Å². The van der Waals surface area contributed by atoms with Crippen LogP contribution >= 0.6 is 0 Å². The first-order chi connectivity index (χ1) is 14.8. The summed E-state index contributed by atoms with van der Waals surface area (Å²) in [6.45, 7) is 3.84. The highest BCUT2D eigenvalue weighted by Gasteiger charge is 2.43. The molecular formula is C22H23N8O+. The molecule has 1 atom stereocenters. The Hall–Kier alpha value is -3.85. The Kier molecular flexibility index (Phi) is 4.06. The molecule has 3 aliphatic rings. The molecule has 1 amide bonds. The van der Waals surface area contributed by atoms with Gasteiger partial charge in [-0.25, -0.2) is 4.98 Å². The fourth-order valence-corrected chi connectivity index (χ4v) is 3.85. The van der Waals surface area contributed by atoms with Crippen LogP contribution in [0.15, 0.2) is 64.0 Å². The van der Waals surface area contributed by atoms with E-state index >= 15 is 0 Å². The minimum absolute atomic E-state index is 0.00485. The molecule has 0 bridgehead atoms. The van der Waals surface area contributed by atoms with Crippen LogP contribution in [-0.4, -0.2) is 43.0 Å². The summed E-state index contributed by atoms with van der Waals surface area (Å²) in [7, 11) is 3.90. The lowest BCUT2D eigenvalue weighted by Gasteiger charge is -2.23. The third-order valence-electron chi connectivity index (χ3n) is 5.73. The maximum Gasteiger partial charge on any atom is 0.287 e. The van der Waals surface area contributed by atoms with Gasteiger partial charge < -0.3 is 15.5 Å². The van der Waals surface area contributed by atoms with Gasteiger partial charge in [0.1, 0.15) is 12.0 Å². The van der Waals surface area contributed by atoms with Crippen molar-refractivity contribution in [2.75, 3.05) is 29.6 Å². The molecule has 0 radical (unpaired) electrons. The number of aromatic nitrogens is 1. The summed E-state index contributed by atoms with van der Waals surface area (Å²) in [5, 5.41) is 11.1. The molecule has 2 N–H and O–H groups in total. The highest BCUT2D eigenvalue weighted by molar-refractivity contribution is 6.38. The predicted molar refractivity (Wildman–Crippen MR) is 125 cm³/mol. The molecular weight excluding hydrogens is 392 g/mol. The van der Waals surface area contributed by atoms with Crippen LogP contribution in [0, 0.1) is 0 Å². The molecule has 9 heteroatoms. The van der Waals surface area contributed by atoms with E-state index in [2.05, 4.69) is 25.6 Å². The molecule has 4 heterocycles. The Bertz CT molecular complexity index is 1210. The number of hydrogen-bond donors (Lipinski definition) is 2. The fourth-order valence-electron chi connectivity index (χ4n) is 3.85.